The summed E-state index contributed by atoms with van der Waals surface area (Å²) in [5.41, 5.74) is 2.62. The van der Waals surface area contributed by atoms with Gasteiger partial charge in [0.1, 0.15) is 0 Å². The Labute approximate surface area is 148 Å². The Morgan fingerprint density at radius 2 is 1.40 bits per heavy atom. The van der Waals surface area contributed by atoms with Gasteiger partial charge >= 0.3 is 0 Å². The van der Waals surface area contributed by atoms with E-state index in [-0.39, 0.29) is 29.1 Å². The molecule has 0 heterocycles. The van der Waals surface area contributed by atoms with Gasteiger partial charge in [-0.1, -0.05) is 57.2 Å². The lowest BCUT2D eigenvalue weighted by molar-refractivity contribution is -0.122. The van der Waals surface area contributed by atoms with Crippen LogP contribution in [-0.4, -0.2) is 11.8 Å². The summed E-state index contributed by atoms with van der Waals surface area (Å²) in [6.07, 6.45) is 0.599. The van der Waals surface area contributed by atoms with E-state index < -0.39 is 0 Å². The fraction of sp³-hybridized carbons (Fsp3) is 0.333. The lowest BCUT2D eigenvalue weighted by Crippen LogP contribution is -2.22. The third kappa shape index (κ3) is 4.08. The summed E-state index contributed by atoms with van der Waals surface area (Å²) in [5.74, 6) is -0.667. The van der Waals surface area contributed by atoms with Gasteiger partial charge in [0.2, 0.25) is 11.8 Å². The summed E-state index contributed by atoms with van der Waals surface area (Å²) in [6.45, 7) is 6.35. The smallest absolute Gasteiger partial charge is 0.228 e. The van der Waals surface area contributed by atoms with Crippen molar-refractivity contribution in [3.8, 4) is 0 Å². The molecule has 130 valence electrons. The molecule has 25 heavy (non-hydrogen) atoms. The molecule has 0 aliphatic heterocycles. The second kappa shape index (κ2) is 6.71. The lowest BCUT2D eigenvalue weighted by Gasteiger charge is -2.23. The van der Waals surface area contributed by atoms with Crippen molar-refractivity contribution >= 4 is 23.2 Å². The zero-order valence-corrected chi connectivity index (χ0v) is 14.9. The van der Waals surface area contributed by atoms with Crippen LogP contribution in [0, 0.1) is 11.8 Å². The Hall–Kier alpha value is -2.62. The van der Waals surface area contributed by atoms with E-state index in [9.17, 15) is 9.59 Å². The maximum Gasteiger partial charge on any atom is 0.228 e. The summed E-state index contributed by atoms with van der Waals surface area (Å²) < 4.78 is 0. The Kier molecular flexibility index (Phi) is 4.62. The minimum absolute atomic E-state index is 0.0580. The third-order valence-corrected chi connectivity index (χ3v) is 4.50. The van der Waals surface area contributed by atoms with Crippen molar-refractivity contribution in [2.24, 2.45) is 11.8 Å². The van der Waals surface area contributed by atoms with Gasteiger partial charge in [-0.2, -0.15) is 0 Å². The predicted molar refractivity (Wildman–Crippen MR) is 100 cm³/mol. The van der Waals surface area contributed by atoms with Crippen LogP contribution in [-0.2, 0) is 15.0 Å². The van der Waals surface area contributed by atoms with Crippen LogP contribution in [0.2, 0.25) is 0 Å². The second-order valence-electron chi connectivity index (χ2n) is 7.59. The van der Waals surface area contributed by atoms with E-state index in [0.717, 1.165) is 16.9 Å². The average Bonchev–Trinajstić information content (AvgIpc) is 3.36. The van der Waals surface area contributed by atoms with Gasteiger partial charge in [0.25, 0.3) is 0 Å². The third-order valence-electron chi connectivity index (χ3n) is 4.50. The van der Waals surface area contributed by atoms with Gasteiger partial charge in [0, 0.05) is 11.4 Å². The molecule has 4 nitrogen and oxygen atoms in total. The maximum absolute atomic E-state index is 12.5. The molecule has 0 radical (unpaired) electrons. The van der Waals surface area contributed by atoms with E-state index in [0.29, 0.717) is 6.42 Å². The Morgan fingerprint density at radius 3 is 2.04 bits per heavy atom. The zero-order chi connectivity index (χ0) is 18.0. The first-order valence-electron chi connectivity index (χ1n) is 8.62. The molecule has 1 fully saturated rings. The second-order valence-corrected chi connectivity index (χ2v) is 7.59. The van der Waals surface area contributed by atoms with Gasteiger partial charge in [-0.25, -0.2) is 0 Å². The number of carbonyl (C=O) groups is 2. The molecule has 0 aromatic heterocycles. The van der Waals surface area contributed by atoms with Crippen LogP contribution >= 0.6 is 0 Å². The highest BCUT2D eigenvalue weighted by molar-refractivity contribution is 6.03. The number of amides is 2. The van der Waals surface area contributed by atoms with E-state index in [1.165, 1.54) is 0 Å². The topological polar surface area (TPSA) is 58.2 Å². The Morgan fingerprint density at radius 1 is 0.840 bits per heavy atom. The molecule has 2 aromatic carbocycles. The minimum atomic E-state index is -0.253. The predicted octanol–water partition coefficient (Wildman–Crippen LogP) is 4.20. The van der Waals surface area contributed by atoms with Crippen molar-refractivity contribution in [3.05, 3.63) is 60.2 Å². The molecule has 2 amide bonds. The largest absolute Gasteiger partial charge is 0.326 e. The molecule has 4 heteroatoms. The van der Waals surface area contributed by atoms with Crippen molar-refractivity contribution in [2.45, 2.75) is 32.6 Å². The van der Waals surface area contributed by atoms with Crippen LogP contribution in [0.1, 0.15) is 32.8 Å². The molecule has 1 aliphatic rings. The quantitative estimate of drug-likeness (QED) is 0.879. The molecular formula is C21H24N2O2. The molecule has 1 aliphatic carbocycles. The minimum Gasteiger partial charge on any atom is -0.326 e. The summed E-state index contributed by atoms with van der Waals surface area (Å²) in [6, 6.07) is 17.2. The lowest BCUT2D eigenvalue weighted by atomic mass is 9.86. The molecule has 3 rings (SSSR count). The van der Waals surface area contributed by atoms with E-state index >= 15 is 0 Å². The first-order valence-corrected chi connectivity index (χ1v) is 8.62. The van der Waals surface area contributed by atoms with E-state index in [1.807, 2.05) is 54.6 Å². The van der Waals surface area contributed by atoms with E-state index in [2.05, 4.69) is 31.4 Å². The number of benzene rings is 2. The molecule has 0 spiro atoms. The number of anilines is 2. The Bertz CT molecular complexity index is 778. The number of para-hydroxylation sites is 2. The van der Waals surface area contributed by atoms with Gasteiger partial charge in [-0.3, -0.25) is 9.59 Å². The molecular weight excluding hydrogens is 312 g/mol. The number of rotatable bonds is 4. The van der Waals surface area contributed by atoms with Crippen molar-refractivity contribution in [3.63, 3.8) is 0 Å². The van der Waals surface area contributed by atoms with Gasteiger partial charge in [-0.05, 0) is 35.6 Å². The molecule has 0 saturated heterocycles. The van der Waals surface area contributed by atoms with Crippen molar-refractivity contribution in [2.75, 3.05) is 10.6 Å². The standard InChI is InChI=1S/C21H24N2O2/c1-21(2,3)17-11-7-8-12-18(17)23-20(25)16-13-15(16)19(24)22-14-9-5-4-6-10-14/h4-12,15-16H,13H2,1-3H3,(H,22,24)(H,23,25). The number of hydrogen-bond donors (Lipinski definition) is 2. The molecule has 2 N–H and O–H groups in total. The summed E-state index contributed by atoms with van der Waals surface area (Å²) in [4.78, 5) is 24.8. The van der Waals surface area contributed by atoms with Crippen LogP contribution < -0.4 is 10.6 Å². The number of hydrogen-bond acceptors (Lipinski definition) is 2. The fourth-order valence-corrected chi connectivity index (χ4v) is 3.00. The molecule has 0 bridgehead atoms. The normalized spacial score (nSPS) is 19.2. The van der Waals surface area contributed by atoms with Crippen LogP contribution in [0.3, 0.4) is 0 Å². The first-order chi connectivity index (χ1) is 11.9. The fourth-order valence-electron chi connectivity index (χ4n) is 3.00. The van der Waals surface area contributed by atoms with E-state index in [1.54, 1.807) is 0 Å². The van der Waals surface area contributed by atoms with E-state index in [4.69, 9.17) is 0 Å². The highest BCUT2D eigenvalue weighted by Crippen LogP contribution is 2.41. The van der Waals surface area contributed by atoms with Gasteiger partial charge in [0.05, 0.1) is 11.8 Å². The monoisotopic (exact) mass is 336 g/mol. The number of nitrogens with one attached hydrogen (secondary N) is 2. The zero-order valence-electron chi connectivity index (χ0n) is 14.9. The molecule has 1 saturated carbocycles. The SMILES string of the molecule is CC(C)(C)c1ccccc1NC(=O)C1CC1C(=O)Nc1ccccc1. The van der Waals surface area contributed by atoms with Gasteiger partial charge < -0.3 is 10.6 Å². The molecule has 2 aromatic rings. The van der Waals surface area contributed by atoms with Crippen LogP contribution in [0.4, 0.5) is 11.4 Å². The highest BCUT2D eigenvalue weighted by Gasteiger charge is 2.48. The van der Waals surface area contributed by atoms with Crippen molar-refractivity contribution in [1.29, 1.82) is 0 Å². The van der Waals surface area contributed by atoms with Crippen LogP contribution in [0.25, 0.3) is 0 Å². The van der Waals surface area contributed by atoms with Crippen LogP contribution in [0.15, 0.2) is 54.6 Å². The summed E-state index contributed by atoms with van der Waals surface area (Å²) >= 11 is 0. The Balaban J connectivity index is 1.62. The van der Waals surface area contributed by atoms with Gasteiger partial charge in [-0.15, -0.1) is 0 Å². The summed E-state index contributed by atoms with van der Waals surface area (Å²) in [5, 5.41) is 5.88. The molecule has 2 atom stereocenters. The average molecular weight is 336 g/mol. The van der Waals surface area contributed by atoms with Crippen molar-refractivity contribution in [1.82, 2.24) is 0 Å². The summed E-state index contributed by atoms with van der Waals surface area (Å²) in [7, 11) is 0. The van der Waals surface area contributed by atoms with Gasteiger partial charge in [0.15, 0.2) is 0 Å². The first kappa shape index (κ1) is 17.2. The van der Waals surface area contributed by atoms with Crippen LogP contribution in [0.5, 0.6) is 0 Å². The molecule has 2 unspecified atom stereocenters. The van der Waals surface area contributed by atoms with Crippen molar-refractivity contribution < 1.29 is 9.59 Å². The number of carbonyl (C=O) groups excluding carboxylic acids is 2. The highest BCUT2D eigenvalue weighted by atomic mass is 16.2. The maximum atomic E-state index is 12.5.